The number of nitrogens with one attached hydrogen (secondary N) is 2. The van der Waals surface area contributed by atoms with E-state index in [2.05, 4.69) is 55.7 Å². The van der Waals surface area contributed by atoms with E-state index >= 15 is 0 Å². The van der Waals surface area contributed by atoms with Gasteiger partial charge in [-0.3, -0.25) is 0 Å². The van der Waals surface area contributed by atoms with Gasteiger partial charge >= 0.3 is 0 Å². The van der Waals surface area contributed by atoms with E-state index in [1.54, 1.807) is 0 Å². The Labute approximate surface area is 121 Å². The van der Waals surface area contributed by atoms with E-state index in [9.17, 15) is 0 Å². The first-order chi connectivity index (χ1) is 9.46. The van der Waals surface area contributed by atoms with Gasteiger partial charge in [0.1, 0.15) is 0 Å². The van der Waals surface area contributed by atoms with Crippen molar-refractivity contribution in [1.82, 2.24) is 0 Å². The van der Waals surface area contributed by atoms with Crippen molar-refractivity contribution in [3.05, 3.63) is 54.1 Å². The first-order valence-corrected chi connectivity index (χ1v) is 6.89. The molecule has 0 aliphatic heterocycles. The molecule has 2 aromatic rings. The van der Waals surface area contributed by atoms with Gasteiger partial charge in [0.25, 0.3) is 0 Å². The SMILES string of the molecule is Cc1ccc(NCC(C)(C)Nc2ccccc2N)cc1. The smallest absolute Gasteiger partial charge is 0.0578 e. The van der Waals surface area contributed by atoms with Crippen LogP contribution >= 0.6 is 0 Å². The van der Waals surface area contributed by atoms with Gasteiger partial charge in [0.2, 0.25) is 0 Å². The number of hydrogen-bond donors (Lipinski definition) is 3. The molecule has 0 aromatic heterocycles. The molecule has 0 unspecified atom stereocenters. The summed E-state index contributed by atoms with van der Waals surface area (Å²) in [6, 6.07) is 16.3. The highest BCUT2D eigenvalue weighted by Gasteiger charge is 2.17. The third kappa shape index (κ3) is 3.92. The van der Waals surface area contributed by atoms with Gasteiger partial charge in [0.05, 0.1) is 11.4 Å². The van der Waals surface area contributed by atoms with Crippen LogP contribution in [0.3, 0.4) is 0 Å². The summed E-state index contributed by atoms with van der Waals surface area (Å²) in [5, 5.41) is 6.93. The first-order valence-electron chi connectivity index (χ1n) is 6.89. The van der Waals surface area contributed by atoms with Gasteiger partial charge in [-0.25, -0.2) is 0 Å². The van der Waals surface area contributed by atoms with Gasteiger partial charge in [-0.2, -0.15) is 0 Å². The van der Waals surface area contributed by atoms with Crippen molar-refractivity contribution < 1.29 is 0 Å². The third-order valence-corrected chi connectivity index (χ3v) is 3.22. The molecule has 3 nitrogen and oxygen atoms in total. The molecular formula is C17H23N3. The first kappa shape index (κ1) is 14.3. The van der Waals surface area contributed by atoms with Gasteiger partial charge in [-0.1, -0.05) is 29.8 Å². The Bertz CT molecular complexity index is 559. The number of aryl methyl sites for hydroxylation is 1. The zero-order valence-electron chi connectivity index (χ0n) is 12.4. The molecule has 0 atom stereocenters. The van der Waals surface area contributed by atoms with Crippen LogP contribution < -0.4 is 16.4 Å². The molecule has 20 heavy (non-hydrogen) atoms. The van der Waals surface area contributed by atoms with Crippen LogP contribution in [0.1, 0.15) is 19.4 Å². The van der Waals surface area contributed by atoms with E-state index in [0.29, 0.717) is 0 Å². The predicted octanol–water partition coefficient (Wildman–Crippen LogP) is 3.88. The van der Waals surface area contributed by atoms with Crippen LogP contribution in [0.15, 0.2) is 48.5 Å². The summed E-state index contributed by atoms with van der Waals surface area (Å²) in [6.45, 7) is 7.21. The molecule has 3 heteroatoms. The topological polar surface area (TPSA) is 50.1 Å². The summed E-state index contributed by atoms with van der Waals surface area (Å²) in [6.07, 6.45) is 0. The maximum atomic E-state index is 5.97. The fraction of sp³-hybridized carbons (Fsp3) is 0.294. The number of nitrogens with two attached hydrogens (primary N) is 1. The molecule has 0 radical (unpaired) electrons. The lowest BCUT2D eigenvalue weighted by atomic mass is 10.0. The zero-order chi connectivity index (χ0) is 14.6. The lowest BCUT2D eigenvalue weighted by Gasteiger charge is -2.29. The van der Waals surface area contributed by atoms with Gasteiger partial charge in [-0.05, 0) is 45.0 Å². The lowest BCUT2D eigenvalue weighted by Crippen LogP contribution is -2.38. The highest BCUT2D eigenvalue weighted by atomic mass is 15.0. The van der Waals surface area contributed by atoms with Crippen LogP contribution in [-0.2, 0) is 0 Å². The van der Waals surface area contributed by atoms with Gasteiger partial charge in [-0.15, -0.1) is 0 Å². The molecule has 0 spiro atoms. The number of anilines is 3. The van der Waals surface area contributed by atoms with Gasteiger partial charge < -0.3 is 16.4 Å². The fourth-order valence-corrected chi connectivity index (χ4v) is 2.01. The summed E-state index contributed by atoms with van der Waals surface area (Å²) in [5.74, 6) is 0. The predicted molar refractivity (Wildman–Crippen MR) is 88.2 cm³/mol. The third-order valence-electron chi connectivity index (χ3n) is 3.22. The fourth-order valence-electron chi connectivity index (χ4n) is 2.01. The zero-order valence-corrected chi connectivity index (χ0v) is 12.4. The minimum absolute atomic E-state index is 0.0969. The maximum Gasteiger partial charge on any atom is 0.0578 e. The number of para-hydroxylation sites is 2. The molecule has 4 N–H and O–H groups in total. The van der Waals surface area contributed by atoms with Gasteiger partial charge in [0, 0.05) is 17.8 Å². The molecule has 0 saturated heterocycles. The second-order valence-electron chi connectivity index (χ2n) is 5.82. The molecule has 2 aromatic carbocycles. The molecule has 0 heterocycles. The Kier molecular flexibility index (Phi) is 4.18. The Morgan fingerprint density at radius 1 is 1.00 bits per heavy atom. The number of nitrogen functional groups attached to an aromatic ring is 1. The minimum atomic E-state index is -0.0969. The highest BCUT2D eigenvalue weighted by Crippen LogP contribution is 2.22. The van der Waals surface area contributed by atoms with E-state index in [1.807, 2.05) is 24.3 Å². The summed E-state index contributed by atoms with van der Waals surface area (Å²) in [4.78, 5) is 0. The number of benzene rings is 2. The summed E-state index contributed by atoms with van der Waals surface area (Å²) in [5.41, 5.74) is 10.0. The second kappa shape index (κ2) is 5.87. The van der Waals surface area contributed by atoms with Crippen molar-refractivity contribution in [3.63, 3.8) is 0 Å². The summed E-state index contributed by atoms with van der Waals surface area (Å²) >= 11 is 0. The van der Waals surface area contributed by atoms with Crippen molar-refractivity contribution >= 4 is 17.1 Å². The summed E-state index contributed by atoms with van der Waals surface area (Å²) < 4.78 is 0. The maximum absolute atomic E-state index is 5.97. The second-order valence-corrected chi connectivity index (χ2v) is 5.82. The molecular weight excluding hydrogens is 246 g/mol. The number of hydrogen-bond acceptors (Lipinski definition) is 3. The number of rotatable bonds is 5. The monoisotopic (exact) mass is 269 g/mol. The molecule has 0 aliphatic rings. The molecule has 0 fully saturated rings. The Morgan fingerprint density at radius 2 is 1.65 bits per heavy atom. The van der Waals surface area contributed by atoms with Crippen LogP contribution in [-0.4, -0.2) is 12.1 Å². The van der Waals surface area contributed by atoms with Crippen molar-refractivity contribution in [3.8, 4) is 0 Å². The highest BCUT2D eigenvalue weighted by molar-refractivity contribution is 5.66. The van der Waals surface area contributed by atoms with Crippen LogP contribution in [0.5, 0.6) is 0 Å². The van der Waals surface area contributed by atoms with Gasteiger partial charge in [0.15, 0.2) is 0 Å². The van der Waals surface area contributed by atoms with Crippen LogP contribution in [0.2, 0.25) is 0 Å². The van der Waals surface area contributed by atoms with Crippen molar-refractivity contribution in [1.29, 1.82) is 0 Å². The lowest BCUT2D eigenvalue weighted by molar-refractivity contribution is 0.599. The van der Waals surface area contributed by atoms with Crippen molar-refractivity contribution in [2.45, 2.75) is 26.3 Å². The van der Waals surface area contributed by atoms with Crippen LogP contribution in [0.25, 0.3) is 0 Å². The standard InChI is InChI=1S/C17H23N3/c1-13-8-10-14(11-9-13)19-12-17(2,3)20-16-7-5-4-6-15(16)18/h4-11,19-20H,12,18H2,1-3H3. The van der Waals surface area contributed by atoms with E-state index in [0.717, 1.165) is 23.6 Å². The average Bonchev–Trinajstić information content (AvgIpc) is 2.41. The average molecular weight is 269 g/mol. The largest absolute Gasteiger partial charge is 0.397 e. The molecule has 0 aliphatic carbocycles. The Morgan fingerprint density at radius 3 is 2.30 bits per heavy atom. The normalized spacial score (nSPS) is 11.2. The van der Waals surface area contributed by atoms with Crippen molar-refractivity contribution in [2.75, 3.05) is 22.9 Å². The molecule has 0 bridgehead atoms. The minimum Gasteiger partial charge on any atom is -0.397 e. The van der Waals surface area contributed by atoms with Crippen LogP contribution in [0, 0.1) is 6.92 Å². The van der Waals surface area contributed by atoms with E-state index in [-0.39, 0.29) is 5.54 Å². The summed E-state index contributed by atoms with van der Waals surface area (Å²) in [7, 11) is 0. The quantitative estimate of drug-likeness (QED) is 0.722. The van der Waals surface area contributed by atoms with E-state index in [1.165, 1.54) is 5.56 Å². The molecule has 106 valence electrons. The molecule has 2 rings (SSSR count). The van der Waals surface area contributed by atoms with E-state index < -0.39 is 0 Å². The molecule has 0 saturated carbocycles. The molecule has 0 amide bonds. The van der Waals surface area contributed by atoms with E-state index in [4.69, 9.17) is 5.73 Å². The Hall–Kier alpha value is -2.16. The van der Waals surface area contributed by atoms with Crippen LogP contribution in [0.4, 0.5) is 17.1 Å². The Balaban J connectivity index is 1.97. The van der Waals surface area contributed by atoms with Crippen molar-refractivity contribution in [2.24, 2.45) is 0 Å².